The Labute approximate surface area is 195 Å². The van der Waals surface area contributed by atoms with Crippen LogP contribution in [0.4, 0.5) is 0 Å². The number of amides is 1. The van der Waals surface area contributed by atoms with Crippen LogP contribution in [0.25, 0.3) is 0 Å². The smallest absolute Gasteiger partial charge is 0.338 e. The third-order valence-electron chi connectivity index (χ3n) is 4.62. The molecule has 0 heterocycles. The summed E-state index contributed by atoms with van der Waals surface area (Å²) in [5.74, 6) is -0.203. The fourth-order valence-corrected chi connectivity index (χ4v) is 3.11. The van der Waals surface area contributed by atoms with Crippen molar-refractivity contribution in [3.63, 3.8) is 0 Å². The van der Waals surface area contributed by atoms with Gasteiger partial charge in [-0.3, -0.25) is 14.4 Å². The van der Waals surface area contributed by atoms with E-state index in [9.17, 15) is 14.4 Å². The molecule has 1 amide bonds. The maximum absolute atomic E-state index is 12.3. The molecule has 0 radical (unpaired) electrons. The lowest BCUT2D eigenvalue weighted by atomic mass is 9.95. The zero-order valence-electron chi connectivity index (χ0n) is 20.0. The van der Waals surface area contributed by atoms with Crippen molar-refractivity contribution in [2.75, 3.05) is 0 Å². The van der Waals surface area contributed by atoms with Gasteiger partial charge in [0, 0.05) is 13.3 Å². The van der Waals surface area contributed by atoms with Gasteiger partial charge < -0.3 is 9.47 Å². The molecule has 0 spiro atoms. The van der Waals surface area contributed by atoms with Crippen LogP contribution in [0.2, 0.25) is 0 Å². The zero-order valence-corrected chi connectivity index (χ0v) is 20.0. The monoisotopic (exact) mass is 455 g/mol. The van der Waals surface area contributed by atoms with Gasteiger partial charge in [0.15, 0.2) is 0 Å². The first-order valence-electron chi connectivity index (χ1n) is 11.0. The summed E-state index contributed by atoms with van der Waals surface area (Å²) in [5, 5.41) is 0. The van der Waals surface area contributed by atoms with Crippen LogP contribution in [0, 0.1) is 5.92 Å². The molecular formula is C26H33NO6. The van der Waals surface area contributed by atoms with E-state index in [4.69, 9.17) is 14.3 Å². The quantitative estimate of drug-likeness (QED) is 0.315. The van der Waals surface area contributed by atoms with Gasteiger partial charge in [-0.15, -0.1) is 0 Å². The summed E-state index contributed by atoms with van der Waals surface area (Å²) in [4.78, 5) is 40.6. The van der Waals surface area contributed by atoms with Crippen molar-refractivity contribution < 1.29 is 28.7 Å². The Morgan fingerprint density at radius 2 is 1.70 bits per heavy atom. The molecule has 2 aromatic rings. The van der Waals surface area contributed by atoms with Crippen LogP contribution in [-0.4, -0.2) is 23.4 Å². The highest BCUT2D eigenvalue weighted by molar-refractivity contribution is 5.89. The van der Waals surface area contributed by atoms with E-state index in [1.807, 2.05) is 39.0 Å². The van der Waals surface area contributed by atoms with E-state index >= 15 is 0 Å². The molecule has 0 fully saturated rings. The van der Waals surface area contributed by atoms with Crippen molar-refractivity contribution in [2.24, 2.45) is 5.92 Å². The van der Waals surface area contributed by atoms with Gasteiger partial charge >= 0.3 is 11.9 Å². The predicted octanol–water partition coefficient (Wildman–Crippen LogP) is 4.77. The van der Waals surface area contributed by atoms with Crippen molar-refractivity contribution in [1.29, 1.82) is 0 Å². The van der Waals surface area contributed by atoms with Crippen molar-refractivity contribution in [1.82, 2.24) is 5.48 Å². The van der Waals surface area contributed by atoms with Crippen LogP contribution < -0.4 is 10.2 Å². The summed E-state index contributed by atoms with van der Waals surface area (Å²) in [6.45, 7) is 9.14. The first-order valence-corrected chi connectivity index (χ1v) is 11.0. The zero-order chi connectivity index (χ0) is 24.4. The second-order valence-electron chi connectivity index (χ2n) is 9.10. The molecule has 2 rings (SSSR count). The summed E-state index contributed by atoms with van der Waals surface area (Å²) in [5.41, 5.74) is 4.31. The van der Waals surface area contributed by atoms with Gasteiger partial charge in [-0.2, -0.15) is 0 Å². The number of rotatable bonds is 10. The number of carbonyl (C=O) groups is 3. The summed E-state index contributed by atoms with van der Waals surface area (Å²) >= 11 is 0. The van der Waals surface area contributed by atoms with Gasteiger partial charge in [0.05, 0.1) is 12.2 Å². The van der Waals surface area contributed by atoms with Gasteiger partial charge in [-0.05, 0) is 74.9 Å². The molecule has 0 aliphatic carbocycles. The Morgan fingerprint density at radius 1 is 1.00 bits per heavy atom. The van der Waals surface area contributed by atoms with Crippen LogP contribution in [0.5, 0.6) is 5.75 Å². The molecule has 0 saturated heterocycles. The normalized spacial score (nSPS) is 12.0. The first-order chi connectivity index (χ1) is 15.5. The number of hydrogen-bond acceptors (Lipinski definition) is 6. The highest BCUT2D eigenvalue weighted by atomic mass is 16.6. The largest absolute Gasteiger partial charge is 0.456 e. The Hall–Kier alpha value is -3.19. The molecule has 2 aromatic carbocycles. The highest BCUT2D eigenvalue weighted by Gasteiger charge is 2.18. The molecule has 0 saturated carbocycles. The minimum Gasteiger partial charge on any atom is -0.456 e. The molecule has 0 aliphatic rings. The highest BCUT2D eigenvalue weighted by Crippen LogP contribution is 2.18. The molecule has 0 bridgehead atoms. The molecule has 0 aromatic heterocycles. The standard InChI is InChI=1S/C26H33NO6/c1-18(15-21-7-6-8-22(16-21)25(30)33-26(3,4)5)9-14-24(29)27-31-17-20-10-12-23(13-11-20)32-19(2)28/h6-8,10-13,16,18H,9,14-15,17H2,1-5H3,(H,27,29). The fourth-order valence-electron chi connectivity index (χ4n) is 3.11. The number of nitrogens with one attached hydrogen (secondary N) is 1. The van der Waals surface area contributed by atoms with Gasteiger partial charge in [0.25, 0.3) is 0 Å². The van der Waals surface area contributed by atoms with Gasteiger partial charge in [-0.1, -0.05) is 31.2 Å². The van der Waals surface area contributed by atoms with E-state index in [0.717, 1.165) is 17.5 Å². The lowest BCUT2D eigenvalue weighted by molar-refractivity contribution is -0.135. The molecule has 178 valence electrons. The van der Waals surface area contributed by atoms with Crippen LogP contribution in [0.1, 0.15) is 68.9 Å². The molecule has 1 unspecified atom stereocenters. The van der Waals surface area contributed by atoms with E-state index in [1.54, 1.807) is 30.3 Å². The number of ether oxygens (including phenoxy) is 2. The maximum atomic E-state index is 12.3. The summed E-state index contributed by atoms with van der Waals surface area (Å²) in [7, 11) is 0. The van der Waals surface area contributed by atoms with Crippen molar-refractivity contribution in [3.05, 3.63) is 65.2 Å². The van der Waals surface area contributed by atoms with Crippen molar-refractivity contribution in [3.8, 4) is 5.75 Å². The average Bonchev–Trinajstić information content (AvgIpc) is 2.72. The molecule has 33 heavy (non-hydrogen) atoms. The van der Waals surface area contributed by atoms with Crippen molar-refractivity contribution >= 4 is 17.8 Å². The lowest BCUT2D eigenvalue weighted by Crippen LogP contribution is -2.24. The van der Waals surface area contributed by atoms with Gasteiger partial charge in [0.2, 0.25) is 5.91 Å². The molecule has 1 atom stereocenters. The van der Waals surface area contributed by atoms with Crippen LogP contribution in [0.15, 0.2) is 48.5 Å². The molecule has 0 aliphatic heterocycles. The first kappa shape index (κ1) is 26.1. The maximum Gasteiger partial charge on any atom is 0.338 e. The SMILES string of the molecule is CC(=O)Oc1ccc(CONC(=O)CCC(C)Cc2cccc(C(=O)OC(C)(C)C)c2)cc1. The van der Waals surface area contributed by atoms with Crippen molar-refractivity contribution in [2.45, 2.75) is 66.1 Å². The topological polar surface area (TPSA) is 90.9 Å². The van der Waals surface area contributed by atoms with Crippen LogP contribution in [-0.2, 0) is 32.2 Å². The second kappa shape index (κ2) is 12.2. The Morgan fingerprint density at radius 3 is 2.33 bits per heavy atom. The van der Waals surface area contributed by atoms with E-state index in [2.05, 4.69) is 12.4 Å². The molecule has 7 heteroatoms. The van der Waals surface area contributed by atoms with E-state index in [-0.39, 0.29) is 30.4 Å². The minimum absolute atomic E-state index is 0.194. The van der Waals surface area contributed by atoms with Crippen LogP contribution >= 0.6 is 0 Å². The number of carbonyl (C=O) groups excluding carboxylic acids is 3. The molecule has 7 nitrogen and oxygen atoms in total. The van der Waals surface area contributed by atoms with E-state index in [1.165, 1.54) is 6.92 Å². The van der Waals surface area contributed by atoms with E-state index in [0.29, 0.717) is 24.2 Å². The molecular weight excluding hydrogens is 422 g/mol. The van der Waals surface area contributed by atoms with Gasteiger partial charge in [-0.25, -0.2) is 10.3 Å². The minimum atomic E-state index is -0.539. The summed E-state index contributed by atoms with van der Waals surface area (Å²) in [6, 6.07) is 14.3. The third-order valence-corrected chi connectivity index (χ3v) is 4.62. The summed E-state index contributed by atoms with van der Waals surface area (Å²) in [6.07, 6.45) is 1.76. The average molecular weight is 456 g/mol. The number of benzene rings is 2. The van der Waals surface area contributed by atoms with Crippen LogP contribution in [0.3, 0.4) is 0 Å². The molecule has 1 N–H and O–H groups in total. The fraction of sp³-hybridized carbons (Fsp3) is 0.423. The second-order valence-corrected chi connectivity index (χ2v) is 9.10. The predicted molar refractivity (Wildman–Crippen MR) is 124 cm³/mol. The number of hydrogen-bond donors (Lipinski definition) is 1. The van der Waals surface area contributed by atoms with Gasteiger partial charge in [0.1, 0.15) is 11.4 Å². The third kappa shape index (κ3) is 10.3. The number of hydroxylamine groups is 1. The van der Waals surface area contributed by atoms with E-state index < -0.39 is 5.60 Å². The number of esters is 2. The lowest BCUT2D eigenvalue weighted by Gasteiger charge is -2.19. The Kier molecular flexibility index (Phi) is 9.60. The Bertz CT molecular complexity index is 946. The summed E-state index contributed by atoms with van der Waals surface area (Å²) < 4.78 is 10.4. The Balaban J connectivity index is 1.72.